The van der Waals surface area contributed by atoms with Crippen molar-refractivity contribution in [3.05, 3.63) is 63.7 Å². The average Bonchev–Trinajstić information content (AvgIpc) is 2.55. The van der Waals surface area contributed by atoms with Gasteiger partial charge in [-0.1, -0.05) is 31.5 Å². The first-order valence-electron chi connectivity index (χ1n) is 7.70. The molecule has 0 amide bonds. The highest BCUT2D eigenvalue weighted by Gasteiger charge is 2.17. The number of non-ortho nitro benzene ring substituents is 1. The topological polar surface area (TPSA) is 89.3 Å². The predicted molar refractivity (Wildman–Crippen MR) is 93.7 cm³/mol. The van der Waals surface area contributed by atoms with Gasteiger partial charge in [0.1, 0.15) is 0 Å². The van der Waals surface area contributed by atoms with E-state index >= 15 is 0 Å². The number of hydrogen-bond acceptors (Lipinski definition) is 4. The highest BCUT2D eigenvalue weighted by molar-refractivity contribution is 7.92. The van der Waals surface area contributed by atoms with Crippen LogP contribution in [0.3, 0.4) is 0 Å². The number of nitrogens with one attached hydrogen (secondary N) is 1. The molecule has 2 aromatic rings. The Morgan fingerprint density at radius 3 is 2.38 bits per heavy atom. The standard InChI is InChI=1S/C17H20N2O4S/c1-3-4-5-14-7-10-16(11-8-14)24(22,23)18-17-12-15(19(20)21)9-6-13(17)2/h6-12,18H,3-5H2,1-2H3. The lowest BCUT2D eigenvalue weighted by Gasteiger charge is -2.11. The van der Waals surface area contributed by atoms with Crippen molar-refractivity contribution in [2.24, 2.45) is 0 Å². The van der Waals surface area contributed by atoms with E-state index in [-0.39, 0.29) is 16.3 Å². The van der Waals surface area contributed by atoms with Crippen molar-refractivity contribution in [1.29, 1.82) is 0 Å². The van der Waals surface area contributed by atoms with Crippen LogP contribution in [0.5, 0.6) is 0 Å². The van der Waals surface area contributed by atoms with Gasteiger partial charge in [0.15, 0.2) is 0 Å². The van der Waals surface area contributed by atoms with Crippen molar-refractivity contribution < 1.29 is 13.3 Å². The van der Waals surface area contributed by atoms with Crippen molar-refractivity contribution in [2.45, 2.75) is 38.0 Å². The summed E-state index contributed by atoms with van der Waals surface area (Å²) in [5, 5.41) is 10.9. The molecule has 24 heavy (non-hydrogen) atoms. The Hall–Kier alpha value is -2.41. The van der Waals surface area contributed by atoms with Crippen LogP contribution in [0.2, 0.25) is 0 Å². The molecule has 2 aromatic carbocycles. The second kappa shape index (κ2) is 7.44. The number of unbranched alkanes of at least 4 members (excludes halogenated alkanes) is 1. The Balaban J connectivity index is 2.25. The van der Waals surface area contributed by atoms with Crippen LogP contribution >= 0.6 is 0 Å². The smallest absolute Gasteiger partial charge is 0.271 e. The molecule has 0 unspecified atom stereocenters. The lowest BCUT2D eigenvalue weighted by atomic mass is 10.1. The van der Waals surface area contributed by atoms with E-state index in [4.69, 9.17) is 0 Å². The number of sulfonamides is 1. The highest BCUT2D eigenvalue weighted by Crippen LogP contribution is 2.25. The van der Waals surface area contributed by atoms with Crippen LogP contribution in [0.1, 0.15) is 30.9 Å². The lowest BCUT2D eigenvalue weighted by molar-refractivity contribution is -0.384. The Bertz CT molecular complexity index is 830. The van der Waals surface area contributed by atoms with E-state index in [1.54, 1.807) is 31.2 Å². The van der Waals surface area contributed by atoms with E-state index < -0.39 is 14.9 Å². The number of nitro benzene ring substituents is 1. The second-order valence-corrected chi connectivity index (χ2v) is 7.29. The number of nitro groups is 1. The van der Waals surface area contributed by atoms with Crippen LogP contribution in [0.15, 0.2) is 47.4 Å². The minimum Gasteiger partial charge on any atom is -0.279 e. The number of aryl methyl sites for hydroxylation is 2. The van der Waals surface area contributed by atoms with E-state index in [1.165, 1.54) is 18.2 Å². The Morgan fingerprint density at radius 1 is 1.12 bits per heavy atom. The molecule has 0 saturated heterocycles. The average molecular weight is 348 g/mol. The summed E-state index contributed by atoms with van der Waals surface area (Å²) in [6, 6.07) is 10.8. The molecule has 128 valence electrons. The summed E-state index contributed by atoms with van der Waals surface area (Å²) < 4.78 is 27.4. The van der Waals surface area contributed by atoms with Crippen LogP contribution in [0, 0.1) is 17.0 Å². The molecule has 0 aromatic heterocycles. The molecule has 0 radical (unpaired) electrons. The number of rotatable bonds is 7. The highest BCUT2D eigenvalue weighted by atomic mass is 32.2. The molecule has 0 aliphatic rings. The van der Waals surface area contributed by atoms with Crippen LogP contribution in [-0.4, -0.2) is 13.3 Å². The molecule has 0 aliphatic heterocycles. The van der Waals surface area contributed by atoms with Crippen LogP contribution in [0.25, 0.3) is 0 Å². The van der Waals surface area contributed by atoms with Crippen LogP contribution in [-0.2, 0) is 16.4 Å². The number of hydrogen-bond donors (Lipinski definition) is 1. The van der Waals surface area contributed by atoms with Gasteiger partial charge >= 0.3 is 0 Å². The van der Waals surface area contributed by atoms with Crippen molar-refractivity contribution in [3.8, 4) is 0 Å². The van der Waals surface area contributed by atoms with E-state index in [9.17, 15) is 18.5 Å². The third-order valence-corrected chi connectivity index (χ3v) is 5.11. The van der Waals surface area contributed by atoms with Gasteiger partial charge in [0.25, 0.3) is 15.7 Å². The van der Waals surface area contributed by atoms with Crippen molar-refractivity contribution in [3.63, 3.8) is 0 Å². The van der Waals surface area contributed by atoms with E-state index in [0.717, 1.165) is 24.8 Å². The first-order chi connectivity index (χ1) is 11.3. The van der Waals surface area contributed by atoms with Gasteiger partial charge in [-0.3, -0.25) is 14.8 Å². The predicted octanol–water partition coefficient (Wildman–Crippen LogP) is 4.05. The molecule has 0 spiro atoms. The fourth-order valence-electron chi connectivity index (χ4n) is 2.25. The van der Waals surface area contributed by atoms with E-state index in [0.29, 0.717) is 5.56 Å². The number of anilines is 1. The maximum Gasteiger partial charge on any atom is 0.271 e. The maximum atomic E-state index is 12.5. The third-order valence-electron chi connectivity index (χ3n) is 3.73. The van der Waals surface area contributed by atoms with Crippen molar-refractivity contribution in [2.75, 3.05) is 4.72 Å². The minimum atomic E-state index is -3.79. The summed E-state index contributed by atoms with van der Waals surface area (Å²) in [7, 11) is -3.79. The first kappa shape index (κ1) is 17.9. The lowest BCUT2D eigenvalue weighted by Crippen LogP contribution is -2.14. The Kier molecular flexibility index (Phi) is 5.56. The van der Waals surface area contributed by atoms with Gasteiger partial charge < -0.3 is 0 Å². The van der Waals surface area contributed by atoms with Crippen LogP contribution in [0.4, 0.5) is 11.4 Å². The molecule has 2 rings (SSSR count). The number of nitrogens with zero attached hydrogens (tertiary/aromatic N) is 1. The normalized spacial score (nSPS) is 11.2. The maximum absolute atomic E-state index is 12.5. The molecule has 1 N–H and O–H groups in total. The summed E-state index contributed by atoms with van der Waals surface area (Å²) in [4.78, 5) is 10.4. The molecular formula is C17H20N2O4S. The SMILES string of the molecule is CCCCc1ccc(S(=O)(=O)Nc2cc([N+](=O)[O-])ccc2C)cc1. The van der Waals surface area contributed by atoms with Gasteiger partial charge in [-0.25, -0.2) is 8.42 Å². The van der Waals surface area contributed by atoms with Gasteiger partial charge in [-0.2, -0.15) is 0 Å². The summed E-state index contributed by atoms with van der Waals surface area (Å²) in [6.45, 7) is 3.79. The quantitative estimate of drug-likeness (QED) is 0.604. The van der Waals surface area contributed by atoms with Gasteiger partial charge in [0.05, 0.1) is 15.5 Å². The molecular weight excluding hydrogens is 328 g/mol. The minimum absolute atomic E-state index is 0.133. The van der Waals surface area contributed by atoms with E-state index in [1.807, 2.05) is 0 Å². The van der Waals surface area contributed by atoms with Crippen LogP contribution < -0.4 is 4.72 Å². The molecule has 6 nitrogen and oxygen atoms in total. The monoisotopic (exact) mass is 348 g/mol. The largest absolute Gasteiger partial charge is 0.279 e. The second-order valence-electron chi connectivity index (χ2n) is 5.61. The molecule has 7 heteroatoms. The first-order valence-corrected chi connectivity index (χ1v) is 9.18. The van der Waals surface area contributed by atoms with Gasteiger partial charge in [-0.15, -0.1) is 0 Å². The molecule has 0 heterocycles. The fourth-order valence-corrected chi connectivity index (χ4v) is 3.38. The summed E-state index contributed by atoms with van der Waals surface area (Å²) in [5.74, 6) is 0. The molecule has 0 aliphatic carbocycles. The molecule has 0 bridgehead atoms. The van der Waals surface area contributed by atoms with Crippen molar-refractivity contribution in [1.82, 2.24) is 0 Å². The zero-order chi connectivity index (χ0) is 17.7. The summed E-state index contributed by atoms with van der Waals surface area (Å²) in [5.41, 5.74) is 1.75. The third kappa shape index (κ3) is 4.32. The zero-order valence-corrected chi connectivity index (χ0v) is 14.5. The molecule has 0 fully saturated rings. The Labute approximate surface area is 141 Å². The van der Waals surface area contributed by atoms with Crippen molar-refractivity contribution >= 4 is 21.4 Å². The van der Waals surface area contributed by atoms with E-state index in [2.05, 4.69) is 11.6 Å². The molecule has 0 atom stereocenters. The number of benzene rings is 2. The fraction of sp³-hybridized carbons (Fsp3) is 0.294. The zero-order valence-electron chi connectivity index (χ0n) is 13.7. The summed E-state index contributed by atoms with van der Waals surface area (Å²) in [6.07, 6.45) is 3.04. The van der Waals surface area contributed by atoms with Gasteiger partial charge in [0, 0.05) is 12.1 Å². The molecule has 0 saturated carbocycles. The van der Waals surface area contributed by atoms with Gasteiger partial charge in [-0.05, 0) is 43.0 Å². The summed E-state index contributed by atoms with van der Waals surface area (Å²) >= 11 is 0. The van der Waals surface area contributed by atoms with Gasteiger partial charge in [0.2, 0.25) is 0 Å². The Morgan fingerprint density at radius 2 is 1.79 bits per heavy atom.